The first-order valence-corrected chi connectivity index (χ1v) is 10.1. The number of nitrogens with zero attached hydrogens (tertiary/aromatic N) is 3. The van der Waals surface area contributed by atoms with Gasteiger partial charge in [0.2, 0.25) is 5.91 Å². The van der Waals surface area contributed by atoms with Gasteiger partial charge >= 0.3 is 6.18 Å². The molecule has 172 valence electrons. The Kier molecular flexibility index (Phi) is 5.79. The van der Waals surface area contributed by atoms with E-state index >= 15 is 0 Å². The second-order valence-corrected chi connectivity index (χ2v) is 7.77. The minimum absolute atomic E-state index is 0.0617. The van der Waals surface area contributed by atoms with E-state index < -0.39 is 29.2 Å². The van der Waals surface area contributed by atoms with Crippen molar-refractivity contribution in [3.63, 3.8) is 0 Å². The van der Waals surface area contributed by atoms with Crippen molar-refractivity contribution in [3.8, 4) is 11.5 Å². The van der Waals surface area contributed by atoms with Gasteiger partial charge in [0.25, 0.3) is 5.69 Å². The summed E-state index contributed by atoms with van der Waals surface area (Å²) in [6, 6.07) is 11.8. The third-order valence-electron chi connectivity index (χ3n) is 5.10. The fourth-order valence-electron chi connectivity index (χ4n) is 3.36. The maximum Gasteiger partial charge on any atom is 0.435 e. The van der Waals surface area contributed by atoms with E-state index in [9.17, 15) is 28.1 Å². The van der Waals surface area contributed by atoms with Gasteiger partial charge in [-0.3, -0.25) is 19.6 Å². The van der Waals surface area contributed by atoms with Crippen LogP contribution in [-0.2, 0) is 17.5 Å². The van der Waals surface area contributed by atoms with E-state index in [1.54, 1.807) is 12.1 Å². The number of ether oxygens (including phenoxy) is 1. The van der Waals surface area contributed by atoms with Gasteiger partial charge in [-0.15, -0.1) is 0 Å². The second-order valence-electron chi connectivity index (χ2n) is 7.77. The molecule has 1 aliphatic rings. The van der Waals surface area contributed by atoms with Crippen LogP contribution >= 0.6 is 0 Å². The summed E-state index contributed by atoms with van der Waals surface area (Å²) < 4.78 is 46.0. The summed E-state index contributed by atoms with van der Waals surface area (Å²) in [6.07, 6.45) is -3.16. The number of para-hydroxylation sites is 1. The topological polar surface area (TPSA) is 99.3 Å². The number of hydrogen-bond donors (Lipinski definition) is 1. The number of hydrogen-bond acceptors (Lipinski definition) is 5. The van der Waals surface area contributed by atoms with E-state index in [-0.39, 0.29) is 23.0 Å². The van der Waals surface area contributed by atoms with Gasteiger partial charge in [-0.2, -0.15) is 18.3 Å². The average Bonchev–Trinajstić information content (AvgIpc) is 3.48. The maximum atomic E-state index is 13.1. The quantitative estimate of drug-likeness (QED) is 0.375. The molecule has 0 saturated heterocycles. The number of nitro groups is 1. The van der Waals surface area contributed by atoms with Crippen LogP contribution in [0.1, 0.15) is 35.7 Å². The minimum Gasteiger partial charge on any atom is -0.457 e. The molecule has 0 aliphatic heterocycles. The summed E-state index contributed by atoms with van der Waals surface area (Å²) in [6.45, 7) is 1.35. The highest BCUT2D eigenvalue weighted by Crippen LogP contribution is 2.42. The Labute approximate surface area is 186 Å². The smallest absolute Gasteiger partial charge is 0.435 e. The molecule has 0 spiro atoms. The SMILES string of the molecule is Cc1ccccc1Oc1cc(NC(=O)Cn2nc(C(F)(F)F)cc2C2CC2)cc([N+](=O)[O-])c1. The Hall–Kier alpha value is -3.89. The van der Waals surface area contributed by atoms with Crippen molar-refractivity contribution in [3.05, 3.63) is 75.6 Å². The molecular formula is C22H19F3N4O4. The van der Waals surface area contributed by atoms with E-state index in [2.05, 4.69) is 10.4 Å². The number of carbonyl (C=O) groups is 1. The molecule has 0 unspecified atom stereocenters. The molecule has 4 rings (SSSR count). The lowest BCUT2D eigenvalue weighted by atomic mass is 10.2. The molecule has 0 radical (unpaired) electrons. The van der Waals surface area contributed by atoms with E-state index in [1.165, 1.54) is 12.1 Å². The van der Waals surface area contributed by atoms with E-state index in [4.69, 9.17) is 4.74 Å². The molecule has 1 fully saturated rings. The minimum atomic E-state index is -4.62. The molecule has 8 nitrogen and oxygen atoms in total. The van der Waals surface area contributed by atoms with Gasteiger partial charge in [-0.25, -0.2) is 0 Å². The van der Waals surface area contributed by atoms with Gasteiger partial charge in [0.15, 0.2) is 5.69 Å². The highest BCUT2D eigenvalue weighted by atomic mass is 19.4. The van der Waals surface area contributed by atoms with Crippen LogP contribution in [-0.4, -0.2) is 20.6 Å². The van der Waals surface area contributed by atoms with Crippen LogP contribution in [0, 0.1) is 17.0 Å². The molecule has 2 aromatic carbocycles. The second kappa shape index (κ2) is 8.57. The lowest BCUT2D eigenvalue weighted by Gasteiger charge is -2.12. The lowest BCUT2D eigenvalue weighted by Crippen LogP contribution is -2.21. The number of alkyl halides is 3. The van der Waals surface area contributed by atoms with Crippen LogP contribution in [0.3, 0.4) is 0 Å². The van der Waals surface area contributed by atoms with Crippen LogP contribution in [0.15, 0.2) is 48.5 Å². The van der Waals surface area contributed by atoms with Crippen LogP contribution < -0.4 is 10.1 Å². The number of anilines is 1. The van der Waals surface area contributed by atoms with Gasteiger partial charge < -0.3 is 10.1 Å². The third-order valence-corrected chi connectivity index (χ3v) is 5.10. The number of nitro benzene ring substituents is 1. The largest absolute Gasteiger partial charge is 0.457 e. The molecule has 1 amide bonds. The molecule has 11 heteroatoms. The molecule has 1 aromatic heterocycles. The van der Waals surface area contributed by atoms with Gasteiger partial charge in [0.05, 0.1) is 16.7 Å². The van der Waals surface area contributed by atoms with Gasteiger partial charge in [0.1, 0.15) is 18.0 Å². The highest BCUT2D eigenvalue weighted by Gasteiger charge is 2.38. The molecule has 3 aromatic rings. The predicted octanol–water partition coefficient (Wildman–Crippen LogP) is 5.43. The Balaban J connectivity index is 1.55. The Morgan fingerprint density at radius 2 is 1.97 bits per heavy atom. The first-order valence-electron chi connectivity index (χ1n) is 10.1. The van der Waals surface area contributed by atoms with Crippen molar-refractivity contribution in [2.24, 2.45) is 0 Å². The summed E-state index contributed by atoms with van der Waals surface area (Å²) >= 11 is 0. The van der Waals surface area contributed by atoms with Crippen molar-refractivity contribution in [1.82, 2.24) is 9.78 Å². The summed E-state index contributed by atoms with van der Waals surface area (Å²) in [5.74, 6) is -0.115. The molecule has 1 aliphatic carbocycles. The number of nitrogens with one attached hydrogen (secondary N) is 1. The third kappa shape index (κ3) is 5.30. The maximum absolute atomic E-state index is 13.1. The molecule has 1 heterocycles. The molecule has 1 saturated carbocycles. The summed E-state index contributed by atoms with van der Waals surface area (Å²) in [7, 11) is 0. The van der Waals surface area contributed by atoms with Crippen LogP contribution in [0.5, 0.6) is 11.5 Å². The zero-order valence-corrected chi connectivity index (χ0v) is 17.4. The number of aryl methyl sites for hydroxylation is 1. The predicted molar refractivity (Wildman–Crippen MR) is 112 cm³/mol. The fraction of sp³-hybridized carbons (Fsp3) is 0.273. The Bertz CT molecular complexity index is 1220. The van der Waals surface area contributed by atoms with Crippen molar-refractivity contribution >= 4 is 17.3 Å². The number of benzene rings is 2. The molecular weight excluding hydrogens is 441 g/mol. The lowest BCUT2D eigenvalue weighted by molar-refractivity contribution is -0.384. The van der Waals surface area contributed by atoms with Gasteiger partial charge in [0, 0.05) is 23.7 Å². The average molecular weight is 460 g/mol. The van der Waals surface area contributed by atoms with Crippen molar-refractivity contribution in [2.75, 3.05) is 5.32 Å². The first-order chi connectivity index (χ1) is 15.6. The number of aromatic nitrogens is 2. The molecule has 33 heavy (non-hydrogen) atoms. The number of amides is 1. The first kappa shape index (κ1) is 22.3. The Morgan fingerprint density at radius 3 is 2.61 bits per heavy atom. The fourth-order valence-corrected chi connectivity index (χ4v) is 3.36. The molecule has 0 atom stereocenters. The van der Waals surface area contributed by atoms with Gasteiger partial charge in [-0.05, 0) is 37.5 Å². The number of non-ortho nitro benzene ring substituents is 1. The molecule has 0 bridgehead atoms. The van der Waals surface area contributed by atoms with Crippen LogP contribution in [0.4, 0.5) is 24.5 Å². The van der Waals surface area contributed by atoms with Crippen molar-refractivity contribution < 1.29 is 27.6 Å². The van der Waals surface area contributed by atoms with E-state index in [0.717, 1.165) is 35.2 Å². The monoisotopic (exact) mass is 460 g/mol. The normalized spacial score (nSPS) is 13.6. The zero-order chi connectivity index (χ0) is 23.8. The van der Waals surface area contributed by atoms with Crippen LogP contribution in [0.2, 0.25) is 0 Å². The van der Waals surface area contributed by atoms with Crippen molar-refractivity contribution in [2.45, 2.75) is 38.4 Å². The van der Waals surface area contributed by atoms with Gasteiger partial charge in [-0.1, -0.05) is 18.2 Å². The van der Waals surface area contributed by atoms with Crippen LogP contribution in [0.25, 0.3) is 0 Å². The van der Waals surface area contributed by atoms with E-state index in [0.29, 0.717) is 11.4 Å². The summed E-state index contributed by atoms with van der Waals surface area (Å²) in [4.78, 5) is 23.3. The number of halogens is 3. The summed E-state index contributed by atoms with van der Waals surface area (Å²) in [5.41, 5.74) is -0.134. The Morgan fingerprint density at radius 1 is 1.24 bits per heavy atom. The van der Waals surface area contributed by atoms with Crippen molar-refractivity contribution in [1.29, 1.82) is 0 Å². The molecule has 1 N–H and O–H groups in total. The summed E-state index contributed by atoms with van der Waals surface area (Å²) in [5, 5.41) is 17.4. The van der Waals surface area contributed by atoms with E-state index in [1.807, 2.05) is 19.1 Å². The number of carbonyl (C=O) groups excluding carboxylic acids is 1. The zero-order valence-electron chi connectivity index (χ0n) is 17.4. The number of rotatable bonds is 7. The highest BCUT2D eigenvalue weighted by molar-refractivity contribution is 5.91. The standard InChI is InChI=1S/C22H19F3N4O4/c1-13-4-2-3-5-19(13)33-17-9-15(8-16(10-17)29(31)32)26-21(30)12-28-18(14-6-7-14)11-20(27-28)22(23,24)25/h2-5,8-11,14H,6-7,12H2,1H3,(H,26,30).